The average Bonchev–Trinajstić information content (AvgIpc) is 3.11. The lowest BCUT2D eigenvalue weighted by Crippen LogP contribution is -2.74. The van der Waals surface area contributed by atoms with Gasteiger partial charge in [0.05, 0.1) is 17.1 Å². The first-order chi connectivity index (χ1) is 15.7. The van der Waals surface area contributed by atoms with Gasteiger partial charge in [0.1, 0.15) is 6.10 Å². The SMILES string of the molecule is C/C=C(\C)C(=O)Oc1ccc2c3c1OC(C(O)CC)C31CCN(CC3CCC3)C(C2)C1(C)O. The molecule has 6 heteroatoms. The molecule has 2 bridgehead atoms. The van der Waals surface area contributed by atoms with Crippen molar-refractivity contribution in [2.75, 3.05) is 13.1 Å². The Morgan fingerprint density at radius 2 is 2.15 bits per heavy atom. The minimum atomic E-state index is -1.07. The standard InChI is InChI=1S/C27H37NO5/c1-5-16(3)25(30)32-20-11-10-18-14-21-26(4,31)27(12-13-28(21)15-17-8-7-9-17)22(18)23(20)33-24(27)19(29)6-2/h5,10-11,17,19,21,24,29,31H,6-9,12-15H2,1-4H3/b16-5+. The Morgan fingerprint density at radius 3 is 2.79 bits per heavy atom. The normalized spacial score (nSPS) is 34.3. The number of fused-ring (bicyclic) bond motifs is 1. The molecule has 0 radical (unpaired) electrons. The summed E-state index contributed by atoms with van der Waals surface area (Å²) in [5.74, 6) is 1.20. The van der Waals surface area contributed by atoms with E-state index in [1.165, 1.54) is 19.3 Å². The number of aliphatic hydroxyl groups excluding tert-OH is 1. The van der Waals surface area contributed by atoms with Gasteiger partial charge in [-0.15, -0.1) is 0 Å². The van der Waals surface area contributed by atoms with Gasteiger partial charge in [0.15, 0.2) is 11.5 Å². The number of hydrogen-bond acceptors (Lipinski definition) is 6. The molecule has 1 aromatic rings. The molecular weight excluding hydrogens is 418 g/mol. The van der Waals surface area contributed by atoms with Crippen LogP contribution in [0.25, 0.3) is 0 Å². The molecule has 2 fully saturated rings. The van der Waals surface area contributed by atoms with E-state index in [1.54, 1.807) is 19.9 Å². The molecule has 4 aliphatic rings. The number of rotatable bonds is 6. The number of ether oxygens (including phenoxy) is 2. The summed E-state index contributed by atoms with van der Waals surface area (Å²) in [6.45, 7) is 9.29. The molecule has 33 heavy (non-hydrogen) atoms. The molecule has 0 amide bonds. The van der Waals surface area contributed by atoms with Crippen LogP contribution in [0, 0.1) is 5.92 Å². The molecule has 5 unspecified atom stereocenters. The molecule has 1 spiro atoms. The summed E-state index contributed by atoms with van der Waals surface area (Å²) in [4.78, 5) is 15.0. The highest BCUT2D eigenvalue weighted by atomic mass is 16.6. The number of carbonyl (C=O) groups is 1. The lowest BCUT2D eigenvalue weighted by atomic mass is 9.52. The fraction of sp³-hybridized carbons (Fsp3) is 0.667. The van der Waals surface area contributed by atoms with Gasteiger partial charge in [-0.05, 0) is 77.0 Å². The largest absolute Gasteiger partial charge is 0.482 e. The van der Waals surface area contributed by atoms with Gasteiger partial charge in [0.2, 0.25) is 0 Å². The highest BCUT2D eigenvalue weighted by molar-refractivity contribution is 5.90. The molecule has 1 aromatic carbocycles. The van der Waals surface area contributed by atoms with E-state index in [9.17, 15) is 15.0 Å². The van der Waals surface area contributed by atoms with Crippen molar-refractivity contribution >= 4 is 5.97 Å². The Bertz CT molecular complexity index is 981. The van der Waals surface area contributed by atoms with E-state index in [-0.39, 0.29) is 6.04 Å². The quantitative estimate of drug-likeness (QED) is 0.388. The van der Waals surface area contributed by atoms with Crippen molar-refractivity contribution in [3.63, 3.8) is 0 Å². The summed E-state index contributed by atoms with van der Waals surface area (Å²) in [6.07, 6.45) is 6.23. The molecule has 0 aromatic heterocycles. The monoisotopic (exact) mass is 455 g/mol. The van der Waals surface area contributed by atoms with Crippen LogP contribution < -0.4 is 9.47 Å². The second-order valence-corrected chi connectivity index (χ2v) is 10.7. The van der Waals surface area contributed by atoms with Crippen LogP contribution in [0.4, 0.5) is 0 Å². The van der Waals surface area contributed by atoms with E-state index in [0.717, 1.165) is 36.6 Å². The minimum absolute atomic E-state index is 0.0286. The number of aliphatic hydroxyl groups is 2. The zero-order valence-corrected chi connectivity index (χ0v) is 20.3. The second kappa shape index (κ2) is 8.10. The Balaban J connectivity index is 1.61. The number of allylic oxidation sites excluding steroid dienone is 1. The van der Waals surface area contributed by atoms with Gasteiger partial charge in [0.25, 0.3) is 0 Å². The van der Waals surface area contributed by atoms with Crippen LogP contribution in [0.2, 0.25) is 0 Å². The number of piperidine rings is 1. The van der Waals surface area contributed by atoms with Crippen LogP contribution in [0.3, 0.4) is 0 Å². The summed E-state index contributed by atoms with van der Waals surface area (Å²) >= 11 is 0. The molecule has 5 atom stereocenters. The third-order valence-electron chi connectivity index (χ3n) is 9.03. The number of benzene rings is 1. The maximum absolute atomic E-state index is 12.5. The Morgan fingerprint density at radius 1 is 1.39 bits per heavy atom. The van der Waals surface area contributed by atoms with E-state index >= 15 is 0 Å². The summed E-state index contributed by atoms with van der Waals surface area (Å²) in [5.41, 5.74) is 0.787. The average molecular weight is 456 g/mol. The lowest BCUT2D eigenvalue weighted by molar-refractivity contribution is -0.172. The molecule has 2 aliphatic carbocycles. The van der Waals surface area contributed by atoms with Crippen molar-refractivity contribution in [1.29, 1.82) is 0 Å². The minimum Gasteiger partial charge on any atom is -0.482 e. The molecule has 180 valence electrons. The zero-order valence-electron chi connectivity index (χ0n) is 20.3. The maximum atomic E-state index is 12.5. The topological polar surface area (TPSA) is 79.2 Å². The smallest absolute Gasteiger partial charge is 0.338 e. The Kier molecular flexibility index (Phi) is 5.62. The molecular formula is C27H37NO5. The van der Waals surface area contributed by atoms with Gasteiger partial charge in [0, 0.05) is 23.7 Å². The lowest BCUT2D eigenvalue weighted by Gasteiger charge is -2.60. The van der Waals surface area contributed by atoms with Gasteiger partial charge in [-0.1, -0.05) is 25.5 Å². The van der Waals surface area contributed by atoms with E-state index in [2.05, 4.69) is 4.90 Å². The van der Waals surface area contributed by atoms with Crippen LogP contribution in [-0.2, 0) is 16.6 Å². The summed E-state index contributed by atoms with van der Waals surface area (Å²) in [6, 6.07) is 3.81. The van der Waals surface area contributed by atoms with Crippen LogP contribution in [0.5, 0.6) is 11.5 Å². The number of carbonyl (C=O) groups excluding carboxylic acids is 1. The van der Waals surface area contributed by atoms with E-state index < -0.39 is 29.2 Å². The highest BCUT2D eigenvalue weighted by Gasteiger charge is 2.69. The highest BCUT2D eigenvalue weighted by Crippen LogP contribution is 2.62. The van der Waals surface area contributed by atoms with Crippen molar-refractivity contribution in [3.8, 4) is 11.5 Å². The van der Waals surface area contributed by atoms with Gasteiger partial charge < -0.3 is 19.7 Å². The van der Waals surface area contributed by atoms with E-state index in [0.29, 0.717) is 29.9 Å². The van der Waals surface area contributed by atoms with Gasteiger partial charge in [-0.25, -0.2) is 4.79 Å². The first-order valence-corrected chi connectivity index (χ1v) is 12.6. The van der Waals surface area contributed by atoms with Crippen molar-refractivity contribution in [1.82, 2.24) is 4.90 Å². The summed E-state index contributed by atoms with van der Waals surface area (Å²) in [7, 11) is 0. The molecule has 1 saturated carbocycles. The van der Waals surface area contributed by atoms with Gasteiger partial charge in [-0.2, -0.15) is 0 Å². The van der Waals surface area contributed by atoms with Crippen LogP contribution in [0.15, 0.2) is 23.8 Å². The number of likely N-dealkylation sites (tertiary alicyclic amines) is 1. The Hall–Kier alpha value is -1.89. The molecule has 6 nitrogen and oxygen atoms in total. The fourth-order valence-corrected chi connectivity index (χ4v) is 6.70. The van der Waals surface area contributed by atoms with Crippen LogP contribution >= 0.6 is 0 Å². The third kappa shape index (κ3) is 3.21. The Labute approximate surface area is 196 Å². The fourth-order valence-electron chi connectivity index (χ4n) is 6.70. The summed E-state index contributed by atoms with van der Waals surface area (Å²) < 4.78 is 12.2. The van der Waals surface area contributed by atoms with Gasteiger partial charge >= 0.3 is 5.97 Å². The maximum Gasteiger partial charge on any atom is 0.338 e. The van der Waals surface area contributed by atoms with Crippen LogP contribution in [-0.4, -0.2) is 58.0 Å². The number of esters is 1. The first kappa shape index (κ1) is 22.9. The van der Waals surface area contributed by atoms with Crippen molar-refractivity contribution in [3.05, 3.63) is 34.9 Å². The molecule has 2 aliphatic heterocycles. The second-order valence-electron chi connectivity index (χ2n) is 10.7. The molecule has 5 rings (SSSR count). The molecule has 1 saturated heterocycles. The predicted molar refractivity (Wildman–Crippen MR) is 126 cm³/mol. The van der Waals surface area contributed by atoms with Crippen molar-refractivity contribution in [2.45, 2.75) is 95.5 Å². The third-order valence-corrected chi connectivity index (χ3v) is 9.03. The number of nitrogens with zero attached hydrogens (tertiary/aromatic N) is 1. The molecule has 2 N–H and O–H groups in total. The van der Waals surface area contributed by atoms with Gasteiger partial charge in [-0.3, -0.25) is 4.90 Å². The first-order valence-electron chi connectivity index (χ1n) is 12.6. The van der Waals surface area contributed by atoms with Crippen molar-refractivity contribution < 1.29 is 24.5 Å². The number of hydrogen-bond donors (Lipinski definition) is 2. The van der Waals surface area contributed by atoms with E-state index in [4.69, 9.17) is 9.47 Å². The zero-order chi connectivity index (χ0) is 23.5. The van der Waals surface area contributed by atoms with E-state index in [1.807, 2.05) is 26.0 Å². The van der Waals surface area contributed by atoms with Crippen molar-refractivity contribution in [2.24, 2.45) is 5.92 Å². The predicted octanol–water partition coefficient (Wildman–Crippen LogP) is 3.51. The van der Waals surface area contributed by atoms with Crippen LogP contribution in [0.1, 0.15) is 70.9 Å². The molecule has 2 heterocycles. The summed E-state index contributed by atoms with van der Waals surface area (Å²) in [5, 5.41) is 23.3.